The number of benzene rings is 2. The predicted molar refractivity (Wildman–Crippen MR) is 127 cm³/mol. The number of hydrogen-bond acceptors (Lipinski definition) is 6. The van der Waals surface area contributed by atoms with E-state index in [-0.39, 0.29) is 38.8 Å². The van der Waals surface area contributed by atoms with E-state index in [1.54, 1.807) is 6.92 Å². The Labute approximate surface area is 203 Å². The Balaban J connectivity index is 1.39. The smallest absolute Gasteiger partial charge is 0.407 e. The number of methoxy groups -OCH3 is 1. The van der Waals surface area contributed by atoms with Crippen molar-refractivity contribution in [2.45, 2.75) is 31.3 Å². The third kappa shape index (κ3) is 5.01. The van der Waals surface area contributed by atoms with Crippen LogP contribution in [0.5, 0.6) is 0 Å². The van der Waals surface area contributed by atoms with Gasteiger partial charge in [0.25, 0.3) is 0 Å². The highest BCUT2D eigenvalue weighted by Crippen LogP contribution is 2.44. The highest BCUT2D eigenvalue weighted by molar-refractivity contribution is 5.88. The quantitative estimate of drug-likeness (QED) is 0.502. The zero-order valence-electron chi connectivity index (χ0n) is 19.8. The lowest BCUT2D eigenvalue weighted by Gasteiger charge is -2.30. The van der Waals surface area contributed by atoms with E-state index in [1.165, 1.54) is 7.11 Å². The lowest BCUT2D eigenvalue weighted by molar-refractivity contribution is -0.144. The second kappa shape index (κ2) is 10.5. The first kappa shape index (κ1) is 24.7. The molecule has 1 heterocycles. The maximum atomic E-state index is 13.0. The van der Waals surface area contributed by atoms with Crippen LogP contribution in [0.25, 0.3) is 11.1 Å². The molecule has 2 aromatic carbocycles. The number of aliphatic carboxylic acids is 1. The average Bonchev–Trinajstić information content (AvgIpc) is 3.38. The van der Waals surface area contributed by atoms with Crippen LogP contribution in [-0.2, 0) is 23.8 Å². The Morgan fingerprint density at radius 3 is 2.34 bits per heavy atom. The molecule has 0 spiro atoms. The SMILES string of the molecule is COCCC(NC(=O)C1(C)COCC1NC(=O)OCC1c2ccccc2-c2ccccc21)C(=O)O. The van der Waals surface area contributed by atoms with Gasteiger partial charge in [-0.1, -0.05) is 48.5 Å². The van der Waals surface area contributed by atoms with Crippen molar-refractivity contribution in [3.05, 3.63) is 59.7 Å². The lowest BCUT2D eigenvalue weighted by Crippen LogP contribution is -2.56. The summed E-state index contributed by atoms with van der Waals surface area (Å²) in [7, 11) is 1.46. The second-order valence-corrected chi connectivity index (χ2v) is 9.10. The van der Waals surface area contributed by atoms with Crippen molar-refractivity contribution < 1.29 is 33.7 Å². The number of amides is 2. The van der Waals surface area contributed by atoms with E-state index in [9.17, 15) is 19.5 Å². The number of fused-ring (bicyclic) bond motifs is 3. The van der Waals surface area contributed by atoms with Crippen molar-refractivity contribution in [3.63, 3.8) is 0 Å². The molecule has 3 N–H and O–H groups in total. The van der Waals surface area contributed by atoms with Crippen LogP contribution in [0, 0.1) is 5.41 Å². The van der Waals surface area contributed by atoms with E-state index in [2.05, 4.69) is 22.8 Å². The zero-order chi connectivity index (χ0) is 25.0. The fourth-order valence-corrected chi connectivity index (χ4v) is 4.70. The summed E-state index contributed by atoms with van der Waals surface area (Å²) in [6.45, 7) is 2.13. The first-order valence-corrected chi connectivity index (χ1v) is 11.6. The third-order valence-electron chi connectivity index (χ3n) is 6.82. The number of nitrogens with one attached hydrogen (secondary N) is 2. The van der Waals surface area contributed by atoms with Gasteiger partial charge in [-0.15, -0.1) is 0 Å². The first-order chi connectivity index (χ1) is 16.8. The molecule has 9 nitrogen and oxygen atoms in total. The second-order valence-electron chi connectivity index (χ2n) is 9.10. The molecule has 1 aliphatic carbocycles. The number of carboxylic acids is 1. The molecule has 2 aromatic rings. The normalized spacial score (nSPS) is 21.6. The first-order valence-electron chi connectivity index (χ1n) is 11.6. The Morgan fingerprint density at radius 2 is 1.74 bits per heavy atom. The van der Waals surface area contributed by atoms with E-state index in [0.717, 1.165) is 22.3 Å². The van der Waals surface area contributed by atoms with E-state index in [1.807, 2.05) is 36.4 Å². The van der Waals surface area contributed by atoms with Crippen LogP contribution in [0.4, 0.5) is 4.79 Å². The van der Waals surface area contributed by atoms with Crippen LogP contribution in [0.15, 0.2) is 48.5 Å². The number of carboxylic acid groups (broad SMARTS) is 1. The van der Waals surface area contributed by atoms with Gasteiger partial charge in [-0.3, -0.25) is 4.79 Å². The molecule has 2 amide bonds. The molecule has 35 heavy (non-hydrogen) atoms. The number of alkyl carbamates (subject to hydrolysis) is 1. The summed E-state index contributed by atoms with van der Waals surface area (Å²) in [6.07, 6.45) is -0.533. The molecule has 9 heteroatoms. The van der Waals surface area contributed by atoms with Crippen LogP contribution >= 0.6 is 0 Å². The van der Waals surface area contributed by atoms with Crippen LogP contribution < -0.4 is 10.6 Å². The number of hydrogen-bond donors (Lipinski definition) is 3. The summed E-state index contributed by atoms with van der Waals surface area (Å²) in [5.74, 6) is -1.75. The molecular weight excluding hydrogens is 452 g/mol. The van der Waals surface area contributed by atoms with E-state index < -0.39 is 35.5 Å². The van der Waals surface area contributed by atoms with Crippen molar-refractivity contribution >= 4 is 18.0 Å². The van der Waals surface area contributed by atoms with Crippen molar-refractivity contribution in [3.8, 4) is 11.1 Å². The molecule has 1 fully saturated rings. The molecule has 186 valence electrons. The number of carbonyl (C=O) groups is 3. The average molecular weight is 483 g/mol. The monoisotopic (exact) mass is 482 g/mol. The van der Waals surface area contributed by atoms with E-state index in [0.29, 0.717) is 0 Å². The van der Waals surface area contributed by atoms with Gasteiger partial charge < -0.3 is 30.0 Å². The van der Waals surface area contributed by atoms with Gasteiger partial charge in [-0.05, 0) is 29.2 Å². The summed E-state index contributed by atoms with van der Waals surface area (Å²) < 4.78 is 16.0. The van der Waals surface area contributed by atoms with Crippen LogP contribution in [0.2, 0.25) is 0 Å². The minimum Gasteiger partial charge on any atom is -0.480 e. The topological polar surface area (TPSA) is 123 Å². The van der Waals surface area contributed by atoms with Gasteiger partial charge in [-0.2, -0.15) is 0 Å². The minimum absolute atomic E-state index is 0.0454. The molecule has 2 aliphatic rings. The molecule has 0 aromatic heterocycles. The molecule has 0 radical (unpaired) electrons. The van der Waals surface area contributed by atoms with E-state index >= 15 is 0 Å². The standard InChI is InChI=1S/C26H30N2O7/c1-26(24(31)27-21(23(29)30)11-12-33-2)15-34-14-22(26)28-25(32)35-13-20-18-9-5-3-7-16(18)17-8-4-6-10-19(17)20/h3-10,20-22H,11-15H2,1-2H3,(H,27,31)(H,28,32)(H,29,30). The molecule has 3 unspecified atom stereocenters. The van der Waals surface area contributed by atoms with Gasteiger partial charge in [0.15, 0.2) is 0 Å². The Hall–Kier alpha value is -3.43. The Bertz CT molecular complexity index is 1060. The molecule has 3 atom stereocenters. The van der Waals surface area contributed by atoms with Crippen LogP contribution in [0.1, 0.15) is 30.4 Å². The Kier molecular flexibility index (Phi) is 7.37. The van der Waals surface area contributed by atoms with Gasteiger partial charge in [-0.25, -0.2) is 9.59 Å². The van der Waals surface area contributed by atoms with Crippen molar-refractivity contribution in [1.82, 2.24) is 10.6 Å². The molecule has 1 saturated heterocycles. The van der Waals surface area contributed by atoms with Gasteiger partial charge in [0.2, 0.25) is 5.91 Å². The third-order valence-corrected chi connectivity index (χ3v) is 6.82. The summed E-state index contributed by atoms with van der Waals surface area (Å²) >= 11 is 0. The van der Waals surface area contributed by atoms with Crippen molar-refractivity contribution in [2.75, 3.05) is 33.5 Å². The van der Waals surface area contributed by atoms with Gasteiger partial charge in [0, 0.05) is 26.1 Å². The lowest BCUT2D eigenvalue weighted by atomic mass is 9.84. The molecule has 4 rings (SSSR count). The predicted octanol–water partition coefficient (Wildman–Crippen LogP) is 2.54. The number of carbonyl (C=O) groups excluding carboxylic acids is 2. The fraction of sp³-hybridized carbons (Fsp3) is 0.423. The van der Waals surface area contributed by atoms with Crippen molar-refractivity contribution in [2.24, 2.45) is 5.41 Å². The van der Waals surface area contributed by atoms with Crippen molar-refractivity contribution in [1.29, 1.82) is 0 Å². The minimum atomic E-state index is -1.15. The summed E-state index contributed by atoms with van der Waals surface area (Å²) in [6, 6.07) is 14.3. The zero-order valence-corrected chi connectivity index (χ0v) is 19.8. The molecule has 1 aliphatic heterocycles. The van der Waals surface area contributed by atoms with Gasteiger partial charge >= 0.3 is 12.1 Å². The molecular formula is C26H30N2O7. The summed E-state index contributed by atoms with van der Waals surface area (Å²) in [5.41, 5.74) is 3.32. The maximum absolute atomic E-state index is 13.0. The largest absolute Gasteiger partial charge is 0.480 e. The van der Waals surface area contributed by atoms with E-state index in [4.69, 9.17) is 14.2 Å². The van der Waals surface area contributed by atoms with Crippen LogP contribution in [0.3, 0.4) is 0 Å². The van der Waals surface area contributed by atoms with Crippen LogP contribution in [-0.4, -0.2) is 68.7 Å². The fourth-order valence-electron chi connectivity index (χ4n) is 4.70. The number of ether oxygens (including phenoxy) is 3. The summed E-state index contributed by atoms with van der Waals surface area (Å²) in [5, 5.41) is 14.7. The molecule has 0 saturated carbocycles. The summed E-state index contributed by atoms with van der Waals surface area (Å²) in [4.78, 5) is 37.2. The number of rotatable bonds is 9. The maximum Gasteiger partial charge on any atom is 0.407 e. The molecule has 0 bridgehead atoms. The highest BCUT2D eigenvalue weighted by atomic mass is 16.5. The van der Waals surface area contributed by atoms with Gasteiger partial charge in [0.05, 0.1) is 24.7 Å². The van der Waals surface area contributed by atoms with Gasteiger partial charge in [0.1, 0.15) is 12.6 Å². The highest BCUT2D eigenvalue weighted by Gasteiger charge is 2.48. The Morgan fingerprint density at radius 1 is 1.11 bits per heavy atom.